The molecule has 2 heterocycles. The Labute approximate surface area is 128 Å². The SMILES string of the molecule is CC(C)CC(C)(CN)NC(=O)c1cc(-c2cccs2)[nH]n1. The van der Waals surface area contributed by atoms with Gasteiger partial charge in [-0.05, 0) is 36.8 Å². The lowest BCUT2D eigenvalue weighted by atomic mass is 9.90. The lowest BCUT2D eigenvalue weighted by Gasteiger charge is -2.30. The van der Waals surface area contributed by atoms with E-state index in [0.717, 1.165) is 17.0 Å². The van der Waals surface area contributed by atoms with E-state index in [1.807, 2.05) is 24.4 Å². The van der Waals surface area contributed by atoms with Gasteiger partial charge < -0.3 is 11.1 Å². The van der Waals surface area contributed by atoms with E-state index in [-0.39, 0.29) is 5.91 Å². The first-order valence-electron chi connectivity index (χ1n) is 7.05. The third-order valence-electron chi connectivity index (χ3n) is 3.32. The third kappa shape index (κ3) is 3.92. The summed E-state index contributed by atoms with van der Waals surface area (Å²) in [6.07, 6.45) is 0.831. The molecule has 114 valence electrons. The zero-order valence-electron chi connectivity index (χ0n) is 12.6. The summed E-state index contributed by atoms with van der Waals surface area (Å²) >= 11 is 1.60. The molecule has 0 aliphatic rings. The number of nitrogens with one attached hydrogen (secondary N) is 2. The highest BCUT2D eigenvalue weighted by molar-refractivity contribution is 7.13. The van der Waals surface area contributed by atoms with E-state index in [9.17, 15) is 4.79 Å². The van der Waals surface area contributed by atoms with Crippen molar-refractivity contribution in [1.82, 2.24) is 15.5 Å². The van der Waals surface area contributed by atoms with Gasteiger partial charge in [-0.15, -0.1) is 11.3 Å². The van der Waals surface area contributed by atoms with Crippen molar-refractivity contribution >= 4 is 17.2 Å². The molecule has 0 saturated carbocycles. The minimum Gasteiger partial charge on any atom is -0.344 e. The van der Waals surface area contributed by atoms with Crippen molar-refractivity contribution in [2.24, 2.45) is 11.7 Å². The minimum absolute atomic E-state index is 0.192. The van der Waals surface area contributed by atoms with Gasteiger partial charge in [-0.3, -0.25) is 9.89 Å². The lowest BCUT2D eigenvalue weighted by molar-refractivity contribution is 0.0893. The smallest absolute Gasteiger partial charge is 0.272 e. The van der Waals surface area contributed by atoms with Gasteiger partial charge in [-0.25, -0.2) is 0 Å². The van der Waals surface area contributed by atoms with E-state index in [0.29, 0.717) is 18.2 Å². The van der Waals surface area contributed by atoms with Crippen molar-refractivity contribution in [2.45, 2.75) is 32.7 Å². The summed E-state index contributed by atoms with van der Waals surface area (Å²) in [5.74, 6) is 0.266. The summed E-state index contributed by atoms with van der Waals surface area (Å²) in [6.45, 7) is 6.60. The minimum atomic E-state index is -0.409. The molecule has 0 fully saturated rings. The summed E-state index contributed by atoms with van der Waals surface area (Å²) in [6, 6.07) is 5.73. The maximum absolute atomic E-state index is 12.3. The summed E-state index contributed by atoms with van der Waals surface area (Å²) in [5, 5.41) is 12.0. The average molecular weight is 306 g/mol. The number of nitrogens with zero attached hydrogens (tertiary/aromatic N) is 1. The van der Waals surface area contributed by atoms with Crippen LogP contribution in [0.15, 0.2) is 23.6 Å². The zero-order chi connectivity index (χ0) is 15.5. The molecule has 6 heteroatoms. The molecule has 2 aromatic heterocycles. The number of thiophene rings is 1. The zero-order valence-corrected chi connectivity index (χ0v) is 13.5. The second kappa shape index (κ2) is 6.41. The second-order valence-electron chi connectivity index (χ2n) is 5.96. The predicted octanol–water partition coefficient (Wildman–Crippen LogP) is 2.63. The van der Waals surface area contributed by atoms with E-state index in [1.54, 1.807) is 17.4 Å². The van der Waals surface area contributed by atoms with E-state index in [4.69, 9.17) is 5.73 Å². The van der Waals surface area contributed by atoms with Crippen molar-refractivity contribution in [3.8, 4) is 10.6 Å². The molecule has 1 atom stereocenters. The standard InChI is InChI=1S/C15H22N4OS/c1-10(2)8-15(3,9-16)17-14(20)12-7-11(18-19-12)13-5-4-6-21-13/h4-7,10H,8-9,16H2,1-3H3,(H,17,20)(H,18,19). The highest BCUT2D eigenvalue weighted by atomic mass is 32.1. The number of carbonyl (C=O) groups excluding carboxylic acids is 1. The summed E-state index contributed by atoms with van der Waals surface area (Å²) in [5.41, 5.74) is 6.66. The van der Waals surface area contributed by atoms with Crippen LogP contribution in [-0.4, -0.2) is 28.2 Å². The Morgan fingerprint density at radius 1 is 1.57 bits per heavy atom. The molecule has 0 aliphatic carbocycles. The van der Waals surface area contributed by atoms with Gasteiger partial charge in [-0.1, -0.05) is 19.9 Å². The molecule has 0 radical (unpaired) electrons. The van der Waals surface area contributed by atoms with E-state index < -0.39 is 5.54 Å². The number of aromatic nitrogens is 2. The van der Waals surface area contributed by atoms with Gasteiger partial charge in [0.1, 0.15) is 0 Å². The average Bonchev–Trinajstić information content (AvgIpc) is 3.08. The van der Waals surface area contributed by atoms with Gasteiger partial charge in [-0.2, -0.15) is 5.10 Å². The van der Waals surface area contributed by atoms with Crippen molar-refractivity contribution in [1.29, 1.82) is 0 Å². The van der Waals surface area contributed by atoms with Crippen LogP contribution in [0.3, 0.4) is 0 Å². The lowest BCUT2D eigenvalue weighted by Crippen LogP contribution is -2.52. The molecule has 0 spiro atoms. The van der Waals surface area contributed by atoms with Crippen LogP contribution in [0.1, 0.15) is 37.7 Å². The van der Waals surface area contributed by atoms with Crippen LogP contribution >= 0.6 is 11.3 Å². The third-order valence-corrected chi connectivity index (χ3v) is 4.22. The fourth-order valence-corrected chi connectivity index (χ4v) is 3.11. The normalized spacial score (nSPS) is 14.1. The molecule has 0 aliphatic heterocycles. The Hall–Kier alpha value is -1.66. The monoisotopic (exact) mass is 306 g/mol. The molecule has 0 saturated heterocycles. The fraction of sp³-hybridized carbons (Fsp3) is 0.467. The summed E-state index contributed by atoms with van der Waals surface area (Å²) < 4.78 is 0. The van der Waals surface area contributed by atoms with Crippen molar-refractivity contribution in [3.63, 3.8) is 0 Å². The Morgan fingerprint density at radius 3 is 2.90 bits per heavy atom. The topological polar surface area (TPSA) is 83.8 Å². The molecule has 2 aromatic rings. The van der Waals surface area contributed by atoms with Crippen LogP contribution < -0.4 is 11.1 Å². The molecule has 0 aromatic carbocycles. The maximum Gasteiger partial charge on any atom is 0.272 e. The van der Waals surface area contributed by atoms with Gasteiger partial charge in [0.25, 0.3) is 5.91 Å². The number of rotatable bonds is 6. The van der Waals surface area contributed by atoms with Crippen molar-refractivity contribution < 1.29 is 4.79 Å². The largest absolute Gasteiger partial charge is 0.344 e. The van der Waals surface area contributed by atoms with Crippen LogP contribution in [0.5, 0.6) is 0 Å². The molecular formula is C15H22N4OS. The number of aromatic amines is 1. The second-order valence-corrected chi connectivity index (χ2v) is 6.91. The number of hydrogen-bond donors (Lipinski definition) is 3. The van der Waals surface area contributed by atoms with E-state index >= 15 is 0 Å². The molecule has 0 bridgehead atoms. The van der Waals surface area contributed by atoms with Crippen LogP contribution in [0.25, 0.3) is 10.6 Å². The molecule has 21 heavy (non-hydrogen) atoms. The van der Waals surface area contributed by atoms with Gasteiger partial charge in [0, 0.05) is 6.54 Å². The van der Waals surface area contributed by atoms with Gasteiger partial charge >= 0.3 is 0 Å². The number of nitrogens with two attached hydrogens (primary N) is 1. The highest BCUT2D eigenvalue weighted by Crippen LogP contribution is 2.23. The van der Waals surface area contributed by atoms with Crippen LogP contribution in [-0.2, 0) is 0 Å². The van der Waals surface area contributed by atoms with Gasteiger partial charge in [0.15, 0.2) is 5.69 Å². The fourth-order valence-electron chi connectivity index (χ4n) is 2.42. The first-order chi connectivity index (χ1) is 9.93. The Kier molecular flexibility index (Phi) is 4.80. The quantitative estimate of drug-likeness (QED) is 0.767. The van der Waals surface area contributed by atoms with Gasteiger partial charge in [0.05, 0.1) is 16.1 Å². The summed E-state index contributed by atoms with van der Waals surface area (Å²) in [4.78, 5) is 13.4. The number of H-pyrrole nitrogens is 1. The molecular weight excluding hydrogens is 284 g/mol. The van der Waals surface area contributed by atoms with E-state index in [1.165, 1.54) is 0 Å². The van der Waals surface area contributed by atoms with Crippen LogP contribution in [0.4, 0.5) is 0 Å². The predicted molar refractivity (Wildman–Crippen MR) is 86.3 cm³/mol. The molecule has 2 rings (SSSR count). The maximum atomic E-state index is 12.3. The van der Waals surface area contributed by atoms with Crippen LogP contribution in [0.2, 0.25) is 0 Å². The van der Waals surface area contributed by atoms with E-state index in [2.05, 4.69) is 29.4 Å². The van der Waals surface area contributed by atoms with Crippen molar-refractivity contribution in [2.75, 3.05) is 6.54 Å². The Bertz CT molecular complexity index is 591. The van der Waals surface area contributed by atoms with Crippen molar-refractivity contribution in [3.05, 3.63) is 29.3 Å². The number of hydrogen-bond acceptors (Lipinski definition) is 4. The molecule has 1 unspecified atom stereocenters. The molecule has 4 N–H and O–H groups in total. The first-order valence-corrected chi connectivity index (χ1v) is 7.93. The molecule has 5 nitrogen and oxygen atoms in total. The number of amides is 1. The highest BCUT2D eigenvalue weighted by Gasteiger charge is 2.27. The van der Waals surface area contributed by atoms with Gasteiger partial charge in [0.2, 0.25) is 0 Å². The Balaban J connectivity index is 2.10. The number of carbonyl (C=O) groups is 1. The first kappa shape index (κ1) is 15.7. The molecule has 1 amide bonds. The summed E-state index contributed by atoms with van der Waals surface area (Å²) in [7, 11) is 0. The van der Waals surface area contributed by atoms with Crippen LogP contribution in [0, 0.1) is 5.92 Å². The Morgan fingerprint density at radius 2 is 2.33 bits per heavy atom.